The van der Waals surface area contributed by atoms with Crippen LogP contribution in [0, 0.1) is 0 Å². The molecule has 2 atom stereocenters. The maximum atomic E-state index is 12.5. The number of benzene rings is 1. The van der Waals surface area contributed by atoms with Crippen molar-refractivity contribution in [3.8, 4) is 0 Å². The second kappa shape index (κ2) is 5.61. The van der Waals surface area contributed by atoms with Crippen LogP contribution in [-0.2, 0) is 4.74 Å². The Hall–Kier alpha value is -2.93. The summed E-state index contributed by atoms with van der Waals surface area (Å²) in [4.78, 5) is 30.4. The molecule has 7 heteroatoms. The molecule has 1 saturated heterocycles. The van der Waals surface area contributed by atoms with Crippen molar-refractivity contribution < 1.29 is 14.3 Å². The van der Waals surface area contributed by atoms with Crippen molar-refractivity contribution in [2.45, 2.75) is 19.3 Å². The predicted molar refractivity (Wildman–Crippen MR) is 87.6 cm³/mol. The highest BCUT2D eigenvalue weighted by atomic mass is 16.5. The molecule has 0 spiro atoms. The lowest BCUT2D eigenvalue weighted by molar-refractivity contribution is 0.0159. The van der Waals surface area contributed by atoms with E-state index in [0.717, 1.165) is 0 Å². The second-order valence-electron chi connectivity index (χ2n) is 5.82. The molecule has 1 fully saturated rings. The molecule has 3 amide bonds. The SMILES string of the molecule is C[C@H]1CN2C(=O)c3cccc(NC(=O)Nc4ccccn4)c3C2O1. The van der Waals surface area contributed by atoms with Gasteiger partial charge in [0.15, 0.2) is 6.23 Å². The van der Waals surface area contributed by atoms with E-state index < -0.39 is 12.3 Å². The summed E-state index contributed by atoms with van der Waals surface area (Å²) in [5, 5.41) is 5.45. The molecule has 3 heterocycles. The number of anilines is 2. The van der Waals surface area contributed by atoms with Gasteiger partial charge in [0.25, 0.3) is 5.91 Å². The van der Waals surface area contributed by atoms with E-state index in [9.17, 15) is 9.59 Å². The number of fused-ring (bicyclic) bond motifs is 3. The van der Waals surface area contributed by atoms with E-state index in [0.29, 0.717) is 29.2 Å². The lowest BCUT2D eigenvalue weighted by Crippen LogP contribution is -2.24. The summed E-state index contributed by atoms with van der Waals surface area (Å²) >= 11 is 0. The lowest BCUT2D eigenvalue weighted by Gasteiger charge is -2.16. The van der Waals surface area contributed by atoms with Crippen molar-refractivity contribution >= 4 is 23.4 Å². The van der Waals surface area contributed by atoms with E-state index in [1.807, 2.05) is 6.92 Å². The fourth-order valence-corrected chi connectivity index (χ4v) is 3.11. The van der Waals surface area contributed by atoms with Gasteiger partial charge in [-0.15, -0.1) is 0 Å². The number of nitrogens with one attached hydrogen (secondary N) is 2. The lowest BCUT2D eigenvalue weighted by atomic mass is 10.1. The molecular formula is C17H16N4O3. The fraction of sp³-hybridized carbons (Fsp3) is 0.235. The average molecular weight is 324 g/mol. The topological polar surface area (TPSA) is 83.6 Å². The quantitative estimate of drug-likeness (QED) is 0.889. The molecule has 0 radical (unpaired) electrons. The zero-order valence-electron chi connectivity index (χ0n) is 13.0. The second-order valence-corrected chi connectivity index (χ2v) is 5.82. The highest BCUT2D eigenvalue weighted by molar-refractivity contribution is 6.04. The zero-order valence-corrected chi connectivity index (χ0v) is 13.0. The van der Waals surface area contributed by atoms with Gasteiger partial charge >= 0.3 is 6.03 Å². The van der Waals surface area contributed by atoms with Gasteiger partial charge in [-0.1, -0.05) is 12.1 Å². The van der Waals surface area contributed by atoms with E-state index in [4.69, 9.17) is 4.74 Å². The van der Waals surface area contributed by atoms with E-state index in [-0.39, 0.29) is 12.0 Å². The van der Waals surface area contributed by atoms with Gasteiger partial charge in [0.05, 0.1) is 11.8 Å². The molecule has 24 heavy (non-hydrogen) atoms. The Bertz CT molecular complexity index is 809. The largest absolute Gasteiger partial charge is 0.349 e. The third kappa shape index (κ3) is 2.39. The summed E-state index contributed by atoms with van der Waals surface area (Å²) in [5.41, 5.74) is 1.85. The highest BCUT2D eigenvalue weighted by Gasteiger charge is 2.44. The number of pyridine rings is 1. The number of nitrogens with zero attached hydrogens (tertiary/aromatic N) is 2. The van der Waals surface area contributed by atoms with Crippen molar-refractivity contribution in [3.63, 3.8) is 0 Å². The molecule has 1 aromatic heterocycles. The number of hydrogen-bond donors (Lipinski definition) is 2. The molecule has 2 aliphatic rings. The summed E-state index contributed by atoms with van der Waals surface area (Å²) in [6.45, 7) is 2.48. The maximum absolute atomic E-state index is 12.5. The molecule has 1 aromatic carbocycles. The van der Waals surface area contributed by atoms with Gasteiger partial charge < -0.3 is 15.0 Å². The standard InChI is InChI=1S/C17H16N4O3/c1-10-9-21-15(22)11-5-4-6-12(14(11)16(21)24-10)19-17(23)20-13-7-2-3-8-18-13/h2-8,10,16H,9H2,1H3,(H2,18,19,20,23)/t10-,16?/m0/s1. The van der Waals surface area contributed by atoms with Crippen LogP contribution in [0.25, 0.3) is 0 Å². The summed E-state index contributed by atoms with van der Waals surface area (Å²) < 4.78 is 5.84. The van der Waals surface area contributed by atoms with Crippen LogP contribution in [0.5, 0.6) is 0 Å². The first-order valence-electron chi connectivity index (χ1n) is 7.72. The molecule has 1 unspecified atom stereocenters. The molecule has 122 valence electrons. The smallest absolute Gasteiger partial charge is 0.324 e. The molecule has 0 bridgehead atoms. The van der Waals surface area contributed by atoms with Crippen LogP contribution >= 0.6 is 0 Å². The first-order valence-corrected chi connectivity index (χ1v) is 7.72. The number of hydrogen-bond acceptors (Lipinski definition) is 4. The summed E-state index contributed by atoms with van der Waals surface area (Å²) in [6, 6.07) is 10.1. The normalized spacial score (nSPS) is 21.4. The van der Waals surface area contributed by atoms with E-state index in [1.54, 1.807) is 47.5 Å². The number of carbonyl (C=O) groups is 2. The molecule has 7 nitrogen and oxygen atoms in total. The van der Waals surface area contributed by atoms with Crippen molar-refractivity contribution in [3.05, 3.63) is 53.7 Å². The van der Waals surface area contributed by atoms with Gasteiger partial charge in [0.1, 0.15) is 5.82 Å². The first-order chi connectivity index (χ1) is 11.6. The zero-order chi connectivity index (χ0) is 16.7. The Morgan fingerprint density at radius 3 is 2.92 bits per heavy atom. The van der Waals surface area contributed by atoms with Gasteiger partial charge in [0, 0.05) is 23.9 Å². The Kier molecular flexibility index (Phi) is 3.42. The number of rotatable bonds is 2. The summed E-state index contributed by atoms with van der Waals surface area (Å²) in [7, 11) is 0. The molecule has 4 rings (SSSR count). The van der Waals surface area contributed by atoms with Crippen LogP contribution in [0.15, 0.2) is 42.6 Å². The fourth-order valence-electron chi connectivity index (χ4n) is 3.11. The monoisotopic (exact) mass is 324 g/mol. The number of urea groups is 1. The van der Waals surface area contributed by atoms with E-state index >= 15 is 0 Å². The molecule has 2 aromatic rings. The number of amides is 3. The van der Waals surface area contributed by atoms with E-state index in [2.05, 4.69) is 15.6 Å². The van der Waals surface area contributed by atoms with Gasteiger partial charge in [-0.05, 0) is 31.2 Å². The minimum Gasteiger partial charge on any atom is -0.349 e. The highest BCUT2D eigenvalue weighted by Crippen LogP contribution is 2.43. The van der Waals surface area contributed by atoms with Crippen LogP contribution in [0.1, 0.15) is 29.1 Å². The maximum Gasteiger partial charge on any atom is 0.324 e. The molecule has 0 saturated carbocycles. The van der Waals surface area contributed by atoms with Crippen molar-refractivity contribution in [2.24, 2.45) is 0 Å². The van der Waals surface area contributed by atoms with Crippen LogP contribution in [-0.4, -0.2) is 34.5 Å². The summed E-state index contributed by atoms with van der Waals surface area (Å²) in [6.07, 6.45) is 1.14. The van der Waals surface area contributed by atoms with Crippen LogP contribution in [0.4, 0.5) is 16.3 Å². The van der Waals surface area contributed by atoms with Crippen molar-refractivity contribution in [1.82, 2.24) is 9.88 Å². The van der Waals surface area contributed by atoms with Gasteiger partial charge in [0.2, 0.25) is 0 Å². The average Bonchev–Trinajstić information content (AvgIpc) is 3.06. The Morgan fingerprint density at radius 2 is 2.12 bits per heavy atom. The molecular weight excluding hydrogens is 308 g/mol. The Morgan fingerprint density at radius 1 is 1.25 bits per heavy atom. The molecule has 2 aliphatic heterocycles. The Labute approximate surface area is 138 Å². The Balaban J connectivity index is 1.60. The third-order valence-electron chi connectivity index (χ3n) is 4.10. The van der Waals surface area contributed by atoms with Crippen molar-refractivity contribution in [1.29, 1.82) is 0 Å². The third-order valence-corrected chi connectivity index (χ3v) is 4.10. The van der Waals surface area contributed by atoms with Crippen LogP contribution < -0.4 is 10.6 Å². The van der Waals surface area contributed by atoms with Crippen molar-refractivity contribution in [2.75, 3.05) is 17.2 Å². The minimum atomic E-state index is -0.436. The number of ether oxygens (including phenoxy) is 1. The molecule has 2 N–H and O–H groups in total. The molecule has 0 aliphatic carbocycles. The van der Waals surface area contributed by atoms with Crippen LogP contribution in [0.2, 0.25) is 0 Å². The first kappa shape index (κ1) is 14.6. The van der Waals surface area contributed by atoms with Gasteiger partial charge in [-0.2, -0.15) is 0 Å². The van der Waals surface area contributed by atoms with Gasteiger partial charge in [-0.25, -0.2) is 9.78 Å². The van der Waals surface area contributed by atoms with Gasteiger partial charge in [-0.3, -0.25) is 10.1 Å². The van der Waals surface area contributed by atoms with E-state index in [1.165, 1.54) is 0 Å². The number of carbonyl (C=O) groups excluding carboxylic acids is 2. The van der Waals surface area contributed by atoms with Crippen LogP contribution in [0.3, 0.4) is 0 Å². The number of aromatic nitrogens is 1. The predicted octanol–water partition coefficient (Wildman–Crippen LogP) is 2.60. The minimum absolute atomic E-state index is 0.0255. The summed E-state index contributed by atoms with van der Waals surface area (Å²) in [5.74, 6) is 0.388.